The number of rotatable bonds is 5. The Kier molecular flexibility index (Phi) is 5.60. The molecule has 4 heteroatoms. The zero-order chi connectivity index (χ0) is 17.2. The zero-order valence-electron chi connectivity index (χ0n) is 15.4. The van der Waals surface area contributed by atoms with Crippen molar-refractivity contribution in [1.82, 2.24) is 9.62 Å². The molecule has 1 unspecified atom stereocenters. The first-order chi connectivity index (χ1) is 11.4. The molecule has 0 bridgehead atoms. The van der Waals surface area contributed by atoms with Crippen LogP contribution in [0.1, 0.15) is 52.0 Å². The third kappa shape index (κ3) is 4.16. The fourth-order valence-electron chi connectivity index (χ4n) is 3.94. The lowest BCUT2D eigenvalue weighted by molar-refractivity contribution is 0.00322. The normalized spacial score (nSPS) is 25.4. The molecule has 1 aliphatic carbocycles. The molecule has 2 atom stereocenters. The lowest BCUT2D eigenvalue weighted by Crippen LogP contribution is -2.60. The van der Waals surface area contributed by atoms with Crippen LogP contribution in [0, 0.1) is 5.41 Å². The maximum absolute atomic E-state index is 12.4. The second kappa shape index (κ2) is 7.36. The number of nitrogens with one attached hydrogen (secondary N) is 1. The van der Waals surface area contributed by atoms with Gasteiger partial charge in [0.1, 0.15) is 4.75 Å². The van der Waals surface area contributed by atoms with Gasteiger partial charge >= 0.3 is 0 Å². The van der Waals surface area contributed by atoms with E-state index in [0.717, 1.165) is 13.0 Å². The van der Waals surface area contributed by atoms with E-state index in [2.05, 4.69) is 40.0 Å². The van der Waals surface area contributed by atoms with E-state index in [1.54, 1.807) is 0 Å². The molecule has 0 radical (unpaired) electrons. The van der Waals surface area contributed by atoms with E-state index in [1.807, 2.05) is 20.8 Å². The Balaban J connectivity index is 1.46. The molecular weight excluding hydrogens is 316 g/mol. The van der Waals surface area contributed by atoms with Crippen molar-refractivity contribution in [2.24, 2.45) is 5.41 Å². The fraction of sp³-hybridized carbons (Fsp3) is 0.700. The fourth-order valence-corrected chi connectivity index (χ4v) is 4.92. The average molecular weight is 349 g/mol. The van der Waals surface area contributed by atoms with E-state index < -0.39 is 11.4 Å². The Labute approximate surface area is 150 Å². The van der Waals surface area contributed by atoms with Crippen molar-refractivity contribution >= 4 is 11.4 Å². The Hall–Kier alpha value is -0.550. The molecule has 1 aliphatic heterocycles. The minimum atomic E-state index is -0.944. The molecule has 3 nitrogen and oxygen atoms in total. The first kappa shape index (κ1) is 18.2. The van der Waals surface area contributed by atoms with Crippen LogP contribution < -0.4 is 4.72 Å². The minimum absolute atomic E-state index is 0.173. The molecule has 1 aromatic carbocycles. The van der Waals surface area contributed by atoms with Gasteiger partial charge in [-0.25, -0.2) is 0 Å². The molecule has 1 spiro atoms. The molecule has 134 valence electrons. The predicted octanol–water partition coefficient (Wildman–Crippen LogP) is 3.53. The van der Waals surface area contributed by atoms with Crippen molar-refractivity contribution in [1.29, 1.82) is 0 Å². The van der Waals surface area contributed by atoms with Gasteiger partial charge < -0.3 is 9.45 Å². The van der Waals surface area contributed by atoms with Gasteiger partial charge in [0.15, 0.2) is 0 Å². The van der Waals surface area contributed by atoms with E-state index in [-0.39, 0.29) is 4.75 Å². The highest BCUT2D eigenvalue weighted by molar-refractivity contribution is 7.90. The third-order valence-corrected chi connectivity index (χ3v) is 7.50. The summed E-state index contributed by atoms with van der Waals surface area (Å²) in [5.41, 5.74) is 1.84. The molecule has 1 aromatic rings. The molecule has 1 saturated carbocycles. The van der Waals surface area contributed by atoms with Crippen LogP contribution in [0.4, 0.5) is 0 Å². The summed E-state index contributed by atoms with van der Waals surface area (Å²) in [7, 11) is 0. The summed E-state index contributed by atoms with van der Waals surface area (Å²) >= 11 is -0.944. The van der Waals surface area contributed by atoms with Gasteiger partial charge in [0, 0.05) is 17.9 Å². The highest BCUT2D eigenvalue weighted by Gasteiger charge is 2.50. The second-order valence-corrected chi connectivity index (χ2v) is 10.5. The number of hydrogen-bond acceptors (Lipinski definition) is 3. The molecular formula is C20H32N2OS. The average Bonchev–Trinajstić information content (AvgIpc) is 2.57. The third-order valence-electron chi connectivity index (χ3n) is 5.89. The van der Waals surface area contributed by atoms with Gasteiger partial charge in [-0.2, -0.15) is 0 Å². The predicted molar refractivity (Wildman–Crippen MR) is 102 cm³/mol. The molecule has 2 aliphatic rings. The van der Waals surface area contributed by atoms with Crippen LogP contribution in [0.2, 0.25) is 0 Å². The SMILES string of the molecule is CC(C)(C)[S+]([O-])N[C@@H]1CCC12CCN(CCc1ccccc1)CC2. The second-order valence-electron chi connectivity index (χ2n) is 8.53. The number of benzene rings is 1. The van der Waals surface area contributed by atoms with E-state index in [0.29, 0.717) is 11.5 Å². The smallest absolute Gasteiger partial charge is 0.136 e. The first-order valence-corrected chi connectivity index (χ1v) is 10.5. The minimum Gasteiger partial charge on any atom is -0.598 e. The van der Waals surface area contributed by atoms with Crippen LogP contribution in [0.3, 0.4) is 0 Å². The molecule has 1 heterocycles. The number of hydrogen-bond donors (Lipinski definition) is 1. The molecule has 2 fully saturated rings. The highest BCUT2D eigenvalue weighted by atomic mass is 32.2. The lowest BCUT2D eigenvalue weighted by Gasteiger charge is -2.54. The highest BCUT2D eigenvalue weighted by Crippen LogP contribution is 2.49. The monoisotopic (exact) mass is 348 g/mol. The van der Waals surface area contributed by atoms with Crippen molar-refractivity contribution in [3.8, 4) is 0 Å². The van der Waals surface area contributed by atoms with Crippen molar-refractivity contribution in [2.75, 3.05) is 19.6 Å². The maximum Gasteiger partial charge on any atom is 0.136 e. The van der Waals surface area contributed by atoms with Crippen molar-refractivity contribution in [3.63, 3.8) is 0 Å². The van der Waals surface area contributed by atoms with E-state index in [9.17, 15) is 4.55 Å². The summed E-state index contributed by atoms with van der Waals surface area (Å²) in [5.74, 6) is 0. The van der Waals surface area contributed by atoms with Crippen molar-refractivity contribution in [2.45, 2.75) is 63.7 Å². The van der Waals surface area contributed by atoms with Crippen LogP contribution in [0.5, 0.6) is 0 Å². The van der Waals surface area contributed by atoms with Gasteiger partial charge in [0.25, 0.3) is 0 Å². The molecule has 1 saturated heterocycles. The summed E-state index contributed by atoms with van der Waals surface area (Å²) in [6, 6.07) is 11.2. The lowest BCUT2D eigenvalue weighted by atomic mass is 9.59. The molecule has 1 N–H and O–H groups in total. The van der Waals surface area contributed by atoms with Crippen LogP contribution in [0.15, 0.2) is 30.3 Å². The van der Waals surface area contributed by atoms with E-state index in [4.69, 9.17) is 0 Å². The number of likely N-dealkylation sites (tertiary alicyclic amines) is 1. The molecule has 0 aromatic heterocycles. The summed E-state index contributed by atoms with van der Waals surface area (Å²) < 4.78 is 15.7. The number of nitrogens with zero attached hydrogens (tertiary/aromatic N) is 1. The van der Waals surface area contributed by atoms with Gasteiger partial charge in [-0.05, 0) is 76.9 Å². The quantitative estimate of drug-likeness (QED) is 0.827. The largest absolute Gasteiger partial charge is 0.598 e. The Morgan fingerprint density at radius 2 is 1.83 bits per heavy atom. The number of piperidine rings is 1. The zero-order valence-corrected chi connectivity index (χ0v) is 16.2. The van der Waals surface area contributed by atoms with E-state index >= 15 is 0 Å². The van der Waals surface area contributed by atoms with Crippen LogP contribution >= 0.6 is 0 Å². The summed E-state index contributed by atoms with van der Waals surface area (Å²) in [6.07, 6.45) is 6.13. The van der Waals surface area contributed by atoms with Crippen LogP contribution in [0.25, 0.3) is 0 Å². The van der Waals surface area contributed by atoms with Gasteiger partial charge in [-0.15, -0.1) is 4.72 Å². The summed E-state index contributed by atoms with van der Waals surface area (Å²) in [6.45, 7) is 9.68. The van der Waals surface area contributed by atoms with Crippen molar-refractivity contribution in [3.05, 3.63) is 35.9 Å². The van der Waals surface area contributed by atoms with Gasteiger partial charge in [-0.3, -0.25) is 0 Å². The van der Waals surface area contributed by atoms with Gasteiger partial charge in [-0.1, -0.05) is 30.3 Å². The Morgan fingerprint density at radius 3 is 2.38 bits per heavy atom. The summed E-state index contributed by atoms with van der Waals surface area (Å²) in [5, 5.41) is 0. The standard InChI is InChI=1S/C20H32N2OS/c1-19(2,3)24(23)21-18-9-11-20(18)12-15-22(16-13-20)14-10-17-7-5-4-6-8-17/h4-8,18,21H,9-16H2,1-3H3/t18-,24?/m1/s1. The molecule has 0 amide bonds. The van der Waals surface area contributed by atoms with Gasteiger partial charge in [0.05, 0.1) is 6.04 Å². The van der Waals surface area contributed by atoms with Gasteiger partial charge in [0.2, 0.25) is 0 Å². The first-order valence-electron chi connectivity index (χ1n) is 9.33. The topological polar surface area (TPSA) is 38.3 Å². The molecule has 24 heavy (non-hydrogen) atoms. The summed E-state index contributed by atoms with van der Waals surface area (Å²) in [4.78, 5) is 2.61. The molecule has 3 rings (SSSR count). The van der Waals surface area contributed by atoms with E-state index in [1.165, 1.54) is 44.3 Å². The maximum atomic E-state index is 12.4. The van der Waals surface area contributed by atoms with Crippen LogP contribution in [-0.4, -0.2) is 39.9 Å². The van der Waals surface area contributed by atoms with Crippen molar-refractivity contribution < 1.29 is 4.55 Å². The Bertz CT molecular complexity index is 520. The van der Waals surface area contributed by atoms with Crippen LogP contribution in [-0.2, 0) is 17.8 Å². The Morgan fingerprint density at radius 1 is 1.17 bits per heavy atom.